The number of pyridine rings is 1. The van der Waals surface area contributed by atoms with Gasteiger partial charge in [-0.25, -0.2) is 4.79 Å². The number of aromatic amines is 1. The van der Waals surface area contributed by atoms with Crippen LogP contribution in [0.3, 0.4) is 0 Å². The molecule has 2 N–H and O–H groups in total. The van der Waals surface area contributed by atoms with E-state index in [1.807, 2.05) is 53.6 Å². The Balaban J connectivity index is 1.40. The minimum atomic E-state index is -0.0329. The quantitative estimate of drug-likeness (QED) is 0.708. The van der Waals surface area contributed by atoms with Gasteiger partial charge in [-0.3, -0.25) is 10.1 Å². The molecule has 1 aliphatic heterocycles. The zero-order chi connectivity index (χ0) is 19.2. The van der Waals surface area contributed by atoms with E-state index in [9.17, 15) is 4.79 Å². The SMILES string of the molecule is O=C(Nc1ccccc1CCc1ccccn1)N1CCCC(c2ccn[nH]2)C1. The van der Waals surface area contributed by atoms with Crippen molar-refractivity contribution < 1.29 is 4.79 Å². The number of anilines is 1. The highest BCUT2D eigenvalue weighted by molar-refractivity contribution is 5.90. The lowest BCUT2D eigenvalue weighted by Crippen LogP contribution is -2.41. The minimum absolute atomic E-state index is 0.0329. The Kier molecular flexibility index (Phi) is 5.66. The number of nitrogens with one attached hydrogen (secondary N) is 2. The van der Waals surface area contributed by atoms with Gasteiger partial charge in [-0.1, -0.05) is 24.3 Å². The van der Waals surface area contributed by atoms with Crippen molar-refractivity contribution in [1.29, 1.82) is 0 Å². The number of nitrogens with zero attached hydrogens (tertiary/aromatic N) is 3. The molecule has 1 atom stereocenters. The van der Waals surface area contributed by atoms with Gasteiger partial charge in [0.25, 0.3) is 0 Å². The van der Waals surface area contributed by atoms with E-state index in [1.54, 1.807) is 6.20 Å². The number of carbonyl (C=O) groups excluding carboxylic acids is 1. The van der Waals surface area contributed by atoms with Gasteiger partial charge >= 0.3 is 6.03 Å². The lowest BCUT2D eigenvalue weighted by Gasteiger charge is -2.32. The van der Waals surface area contributed by atoms with Gasteiger partial charge in [0, 0.05) is 48.5 Å². The van der Waals surface area contributed by atoms with Crippen molar-refractivity contribution in [3.8, 4) is 0 Å². The van der Waals surface area contributed by atoms with E-state index in [2.05, 4.69) is 26.6 Å². The zero-order valence-corrected chi connectivity index (χ0v) is 15.8. The van der Waals surface area contributed by atoms with E-state index in [-0.39, 0.29) is 6.03 Å². The number of urea groups is 1. The average Bonchev–Trinajstić information content (AvgIpc) is 3.29. The summed E-state index contributed by atoms with van der Waals surface area (Å²) in [5.74, 6) is 0.321. The Labute approximate surface area is 165 Å². The molecule has 4 rings (SSSR count). The summed E-state index contributed by atoms with van der Waals surface area (Å²) in [5.41, 5.74) is 4.17. The van der Waals surface area contributed by atoms with Gasteiger partial charge in [-0.2, -0.15) is 5.10 Å². The third-order valence-electron chi connectivity index (χ3n) is 5.31. The molecule has 0 aliphatic carbocycles. The van der Waals surface area contributed by atoms with Crippen LogP contribution in [0.1, 0.15) is 35.7 Å². The second kappa shape index (κ2) is 8.69. The topological polar surface area (TPSA) is 73.9 Å². The van der Waals surface area contributed by atoms with Gasteiger partial charge in [-0.05, 0) is 55.5 Å². The molecule has 0 radical (unpaired) electrons. The van der Waals surface area contributed by atoms with Crippen molar-refractivity contribution >= 4 is 11.7 Å². The van der Waals surface area contributed by atoms with E-state index in [1.165, 1.54) is 0 Å². The number of aryl methyl sites for hydroxylation is 2. The number of amides is 2. The number of piperidine rings is 1. The van der Waals surface area contributed by atoms with Crippen LogP contribution in [0.4, 0.5) is 10.5 Å². The Hall–Kier alpha value is -3.15. The van der Waals surface area contributed by atoms with Gasteiger partial charge < -0.3 is 10.2 Å². The number of benzene rings is 1. The van der Waals surface area contributed by atoms with Crippen molar-refractivity contribution in [3.05, 3.63) is 77.9 Å². The van der Waals surface area contributed by atoms with Crippen LogP contribution in [0.5, 0.6) is 0 Å². The average molecular weight is 375 g/mol. The molecule has 144 valence electrons. The molecule has 3 aromatic rings. The van der Waals surface area contributed by atoms with Crippen molar-refractivity contribution in [1.82, 2.24) is 20.1 Å². The van der Waals surface area contributed by atoms with E-state index in [0.29, 0.717) is 12.5 Å². The summed E-state index contributed by atoms with van der Waals surface area (Å²) in [6.45, 7) is 1.50. The predicted octanol–water partition coefficient (Wildman–Crippen LogP) is 4.00. The van der Waals surface area contributed by atoms with Crippen LogP contribution in [0, 0.1) is 0 Å². The number of H-pyrrole nitrogens is 1. The summed E-state index contributed by atoms with van der Waals surface area (Å²) >= 11 is 0. The fraction of sp³-hybridized carbons (Fsp3) is 0.318. The summed E-state index contributed by atoms with van der Waals surface area (Å²) < 4.78 is 0. The summed E-state index contributed by atoms with van der Waals surface area (Å²) in [4.78, 5) is 19.2. The molecule has 6 nitrogen and oxygen atoms in total. The van der Waals surface area contributed by atoms with Gasteiger partial charge in [0.15, 0.2) is 0 Å². The fourth-order valence-electron chi connectivity index (χ4n) is 3.77. The Bertz CT molecular complexity index is 894. The summed E-state index contributed by atoms with van der Waals surface area (Å²) in [6.07, 6.45) is 7.34. The van der Waals surface area contributed by atoms with Crippen LogP contribution >= 0.6 is 0 Å². The van der Waals surface area contributed by atoms with Crippen LogP contribution in [0.2, 0.25) is 0 Å². The number of likely N-dealkylation sites (tertiary alicyclic amines) is 1. The first kappa shape index (κ1) is 18.2. The third kappa shape index (κ3) is 4.39. The third-order valence-corrected chi connectivity index (χ3v) is 5.31. The second-order valence-corrected chi connectivity index (χ2v) is 7.21. The molecule has 0 bridgehead atoms. The first-order valence-corrected chi connectivity index (χ1v) is 9.82. The maximum atomic E-state index is 12.9. The van der Waals surface area contributed by atoms with E-state index < -0.39 is 0 Å². The highest BCUT2D eigenvalue weighted by Gasteiger charge is 2.25. The highest BCUT2D eigenvalue weighted by Crippen LogP contribution is 2.26. The molecule has 6 heteroatoms. The van der Waals surface area contributed by atoms with Gasteiger partial charge in [0.1, 0.15) is 0 Å². The first-order valence-electron chi connectivity index (χ1n) is 9.82. The van der Waals surface area contributed by atoms with Crippen LogP contribution in [0.15, 0.2) is 60.9 Å². The van der Waals surface area contributed by atoms with Crippen LogP contribution < -0.4 is 5.32 Å². The molecule has 2 aromatic heterocycles. The zero-order valence-electron chi connectivity index (χ0n) is 15.8. The highest BCUT2D eigenvalue weighted by atomic mass is 16.2. The smallest absolute Gasteiger partial charge is 0.321 e. The van der Waals surface area contributed by atoms with Crippen molar-refractivity contribution in [3.63, 3.8) is 0 Å². The number of rotatable bonds is 5. The second-order valence-electron chi connectivity index (χ2n) is 7.21. The molecule has 28 heavy (non-hydrogen) atoms. The van der Waals surface area contributed by atoms with Crippen molar-refractivity contribution in [2.24, 2.45) is 0 Å². The molecule has 1 aliphatic rings. The Morgan fingerprint density at radius 2 is 2.00 bits per heavy atom. The molecule has 1 saturated heterocycles. The number of aromatic nitrogens is 3. The molecule has 0 saturated carbocycles. The molecule has 1 aromatic carbocycles. The maximum absolute atomic E-state index is 12.9. The number of hydrogen-bond acceptors (Lipinski definition) is 3. The lowest BCUT2D eigenvalue weighted by molar-refractivity contribution is 0.192. The van der Waals surface area contributed by atoms with E-state index in [4.69, 9.17) is 0 Å². The standard InChI is InChI=1S/C22H25N5O/c28-22(27-15-5-7-18(16-27)21-12-14-24-26-21)25-20-9-2-1-6-17(20)10-11-19-8-3-4-13-23-19/h1-4,6,8-9,12-14,18H,5,7,10-11,15-16H2,(H,24,26)(H,25,28). The van der Waals surface area contributed by atoms with Gasteiger partial charge in [0.2, 0.25) is 0 Å². The fourth-order valence-corrected chi connectivity index (χ4v) is 3.77. The molecule has 1 unspecified atom stereocenters. The summed E-state index contributed by atoms with van der Waals surface area (Å²) in [5, 5.41) is 10.2. The lowest BCUT2D eigenvalue weighted by atomic mass is 9.95. The number of carbonyl (C=O) groups is 1. The van der Waals surface area contributed by atoms with E-state index in [0.717, 1.165) is 54.9 Å². The largest absolute Gasteiger partial charge is 0.324 e. The maximum Gasteiger partial charge on any atom is 0.321 e. The Morgan fingerprint density at radius 3 is 2.82 bits per heavy atom. The molecular formula is C22H25N5O. The van der Waals surface area contributed by atoms with Gasteiger partial charge in [-0.15, -0.1) is 0 Å². The van der Waals surface area contributed by atoms with Gasteiger partial charge in [0.05, 0.1) is 0 Å². The summed E-state index contributed by atoms with van der Waals surface area (Å²) in [6, 6.07) is 15.9. The van der Waals surface area contributed by atoms with Crippen molar-refractivity contribution in [2.45, 2.75) is 31.6 Å². The molecule has 2 amide bonds. The van der Waals surface area contributed by atoms with Crippen LogP contribution in [-0.2, 0) is 12.8 Å². The monoisotopic (exact) mass is 375 g/mol. The summed E-state index contributed by atoms with van der Waals surface area (Å²) in [7, 11) is 0. The predicted molar refractivity (Wildman–Crippen MR) is 109 cm³/mol. The molecular weight excluding hydrogens is 350 g/mol. The number of hydrogen-bond donors (Lipinski definition) is 2. The Morgan fingerprint density at radius 1 is 1.11 bits per heavy atom. The minimum Gasteiger partial charge on any atom is -0.324 e. The molecule has 3 heterocycles. The number of para-hydroxylation sites is 1. The van der Waals surface area contributed by atoms with Crippen molar-refractivity contribution in [2.75, 3.05) is 18.4 Å². The molecule has 0 spiro atoms. The van der Waals surface area contributed by atoms with Crippen LogP contribution in [-0.4, -0.2) is 39.2 Å². The van der Waals surface area contributed by atoms with E-state index >= 15 is 0 Å². The van der Waals surface area contributed by atoms with Crippen LogP contribution in [0.25, 0.3) is 0 Å². The molecule has 1 fully saturated rings. The normalized spacial score (nSPS) is 16.7. The first-order chi connectivity index (χ1) is 13.8.